The maximum atomic E-state index is 12.4. The third kappa shape index (κ3) is 5.21. The lowest BCUT2D eigenvalue weighted by atomic mass is 10.1. The van der Waals surface area contributed by atoms with Crippen molar-refractivity contribution in [2.45, 2.75) is 57.6 Å². The van der Waals surface area contributed by atoms with Gasteiger partial charge >= 0.3 is 0 Å². The molecule has 1 aliphatic carbocycles. The molecule has 0 aromatic heterocycles. The van der Waals surface area contributed by atoms with Crippen molar-refractivity contribution >= 4 is 17.5 Å². The minimum Gasteiger partial charge on any atom is -0.491 e. The van der Waals surface area contributed by atoms with E-state index < -0.39 is 6.04 Å². The van der Waals surface area contributed by atoms with Crippen LogP contribution in [0.15, 0.2) is 24.3 Å². The maximum absolute atomic E-state index is 12.4. The summed E-state index contributed by atoms with van der Waals surface area (Å²) >= 11 is 0. The van der Waals surface area contributed by atoms with Crippen molar-refractivity contribution < 1.29 is 19.1 Å². The van der Waals surface area contributed by atoms with E-state index in [1.165, 1.54) is 0 Å². The number of ether oxygens (including phenoxy) is 2. The Morgan fingerprint density at radius 3 is 2.77 bits per heavy atom. The van der Waals surface area contributed by atoms with Crippen LogP contribution in [-0.2, 0) is 14.3 Å². The molecule has 2 aliphatic rings. The summed E-state index contributed by atoms with van der Waals surface area (Å²) in [5.41, 5.74) is 0.654. The van der Waals surface area contributed by atoms with Crippen LogP contribution in [0.5, 0.6) is 5.75 Å². The highest BCUT2D eigenvalue weighted by atomic mass is 16.5. The first-order valence-electron chi connectivity index (χ1n) is 9.57. The summed E-state index contributed by atoms with van der Waals surface area (Å²) in [5.74, 6) is 0.507. The van der Waals surface area contributed by atoms with Gasteiger partial charge in [0.25, 0.3) is 0 Å². The van der Waals surface area contributed by atoms with Crippen molar-refractivity contribution in [2.75, 3.05) is 18.5 Å². The van der Waals surface area contributed by atoms with Crippen molar-refractivity contribution in [3.63, 3.8) is 0 Å². The van der Waals surface area contributed by atoms with Gasteiger partial charge in [0, 0.05) is 24.3 Å². The second-order valence-electron chi connectivity index (χ2n) is 7.17. The van der Waals surface area contributed by atoms with E-state index in [1.807, 2.05) is 18.2 Å². The van der Waals surface area contributed by atoms with Crippen LogP contribution in [0.4, 0.5) is 5.69 Å². The number of anilines is 1. The second-order valence-corrected chi connectivity index (χ2v) is 7.17. The first-order valence-corrected chi connectivity index (χ1v) is 9.57. The summed E-state index contributed by atoms with van der Waals surface area (Å²) in [6, 6.07) is 6.72. The van der Waals surface area contributed by atoms with Crippen molar-refractivity contribution in [3.8, 4) is 5.75 Å². The molecule has 0 unspecified atom stereocenters. The van der Waals surface area contributed by atoms with Gasteiger partial charge in [-0.15, -0.1) is 0 Å². The Hall–Kier alpha value is -2.08. The highest BCUT2D eigenvalue weighted by molar-refractivity contribution is 5.97. The molecular weight excluding hydrogens is 332 g/mol. The Balaban J connectivity index is 1.48. The monoisotopic (exact) mass is 360 g/mol. The lowest BCUT2D eigenvalue weighted by molar-refractivity contribution is -0.128. The number of carbonyl (C=O) groups excluding carboxylic acids is 2. The van der Waals surface area contributed by atoms with Crippen LogP contribution in [0.3, 0.4) is 0 Å². The molecule has 1 saturated heterocycles. The molecule has 0 spiro atoms. The zero-order valence-electron chi connectivity index (χ0n) is 15.3. The van der Waals surface area contributed by atoms with Gasteiger partial charge in [0.1, 0.15) is 18.4 Å². The molecule has 1 aliphatic heterocycles. The van der Waals surface area contributed by atoms with Gasteiger partial charge in [-0.1, -0.05) is 18.9 Å². The van der Waals surface area contributed by atoms with Crippen LogP contribution in [0.2, 0.25) is 0 Å². The Morgan fingerprint density at radius 1 is 1.23 bits per heavy atom. The summed E-state index contributed by atoms with van der Waals surface area (Å²) in [4.78, 5) is 24.5. The zero-order chi connectivity index (χ0) is 18.4. The molecule has 0 radical (unpaired) electrons. The Kier molecular flexibility index (Phi) is 6.50. The number of carbonyl (C=O) groups is 2. The van der Waals surface area contributed by atoms with Gasteiger partial charge in [-0.2, -0.15) is 0 Å². The minimum absolute atomic E-state index is 0.0150. The van der Waals surface area contributed by atoms with Gasteiger partial charge in [0.2, 0.25) is 11.8 Å². The van der Waals surface area contributed by atoms with Crippen molar-refractivity contribution in [3.05, 3.63) is 24.3 Å². The summed E-state index contributed by atoms with van der Waals surface area (Å²) in [6.45, 7) is 3.03. The highest BCUT2D eigenvalue weighted by Crippen LogP contribution is 2.25. The number of nitrogens with one attached hydrogen (secondary N) is 2. The summed E-state index contributed by atoms with van der Waals surface area (Å²) in [5, 5.41) is 5.66. The van der Waals surface area contributed by atoms with E-state index in [0.29, 0.717) is 18.0 Å². The summed E-state index contributed by atoms with van der Waals surface area (Å²) in [6.07, 6.45) is 6.28. The fraction of sp³-hybridized carbons (Fsp3) is 0.600. The molecule has 2 fully saturated rings. The molecule has 2 atom stereocenters. The van der Waals surface area contributed by atoms with Crippen LogP contribution >= 0.6 is 0 Å². The van der Waals surface area contributed by atoms with E-state index in [-0.39, 0.29) is 23.8 Å². The predicted octanol–water partition coefficient (Wildman–Crippen LogP) is 2.88. The van der Waals surface area contributed by atoms with Gasteiger partial charge in [-0.05, 0) is 44.7 Å². The van der Waals surface area contributed by atoms with Crippen molar-refractivity contribution in [1.29, 1.82) is 0 Å². The Morgan fingerprint density at radius 2 is 2.04 bits per heavy atom. The highest BCUT2D eigenvalue weighted by Gasteiger charge is 2.25. The molecule has 1 saturated carbocycles. The van der Waals surface area contributed by atoms with Crippen LogP contribution in [0.1, 0.15) is 45.4 Å². The molecule has 1 aromatic rings. The van der Waals surface area contributed by atoms with Crippen LogP contribution in [0, 0.1) is 5.92 Å². The molecule has 2 amide bonds. The second kappa shape index (κ2) is 9.03. The van der Waals surface area contributed by atoms with Crippen LogP contribution < -0.4 is 15.4 Å². The van der Waals surface area contributed by atoms with E-state index in [9.17, 15) is 9.59 Å². The molecule has 0 bridgehead atoms. The number of hydrogen-bond acceptors (Lipinski definition) is 4. The standard InChI is InChI=1S/C20H28N2O4/c1-14(21-20(24)15-6-2-3-7-15)19(23)22-16-8-4-9-17(12-16)26-13-18-10-5-11-25-18/h4,8-9,12,14-15,18H,2-3,5-7,10-11,13H2,1H3,(H,21,24)(H,22,23)/t14-,18+/m1/s1. The van der Waals surface area contributed by atoms with Gasteiger partial charge in [-0.3, -0.25) is 9.59 Å². The smallest absolute Gasteiger partial charge is 0.246 e. The molecule has 142 valence electrons. The summed E-state index contributed by atoms with van der Waals surface area (Å²) < 4.78 is 11.3. The van der Waals surface area contributed by atoms with Crippen LogP contribution in [-0.4, -0.2) is 37.2 Å². The van der Waals surface area contributed by atoms with Crippen LogP contribution in [0.25, 0.3) is 0 Å². The number of rotatable bonds is 7. The quantitative estimate of drug-likeness (QED) is 0.784. The third-order valence-corrected chi connectivity index (χ3v) is 5.04. The molecule has 2 N–H and O–H groups in total. The minimum atomic E-state index is -0.570. The lowest BCUT2D eigenvalue weighted by Crippen LogP contribution is -2.43. The van der Waals surface area contributed by atoms with Gasteiger partial charge in [0.05, 0.1) is 6.10 Å². The lowest BCUT2D eigenvalue weighted by Gasteiger charge is -2.17. The fourth-order valence-corrected chi connectivity index (χ4v) is 3.46. The molecule has 6 heteroatoms. The van der Waals surface area contributed by atoms with Gasteiger partial charge in [0.15, 0.2) is 0 Å². The SMILES string of the molecule is C[C@@H](NC(=O)C1CCCC1)C(=O)Nc1cccc(OC[C@@H]2CCCO2)c1. The number of hydrogen-bond donors (Lipinski definition) is 2. The number of benzene rings is 1. The van der Waals surface area contributed by atoms with Gasteiger partial charge in [-0.25, -0.2) is 0 Å². The predicted molar refractivity (Wildman–Crippen MR) is 99.1 cm³/mol. The number of amides is 2. The first-order chi connectivity index (χ1) is 12.6. The van der Waals surface area contributed by atoms with Crippen molar-refractivity contribution in [2.24, 2.45) is 5.92 Å². The third-order valence-electron chi connectivity index (χ3n) is 5.04. The Bertz CT molecular complexity index is 622. The maximum Gasteiger partial charge on any atom is 0.246 e. The topological polar surface area (TPSA) is 76.7 Å². The largest absolute Gasteiger partial charge is 0.491 e. The molecular formula is C20H28N2O4. The van der Waals surface area contributed by atoms with E-state index in [0.717, 1.165) is 45.1 Å². The van der Waals surface area contributed by atoms with Gasteiger partial charge < -0.3 is 20.1 Å². The van der Waals surface area contributed by atoms with Crippen molar-refractivity contribution in [1.82, 2.24) is 5.32 Å². The molecule has 26 heavy (non-hydrogen) atoms. The normalized spacial score (nSPS) is 21.3. The zero-order valence-corrected chi connectivity index (χ0v) is 15.3. The molecule has 3 rings (SSSR count). The van der Waals surface area contributed by atoms with E-state index in [4.69, 9.17) is 9.47 Å². The first kappa shape index (κ1) is 18.7. The molecule has 1 heterocycles. The average Bonchev–Trinajstić information content (AvgIpc) is 3.34. The Labute approximate surface area is 154 Å². The summed E-state index contributed by atoms with van der Waals surface area (Å²) in [7, 11) is 0. The molecule has 6 nitrogen and oxygen atoms in total. The van der Waals surface area contributed by atoms with E-state index >= 15 is 0 Å². The van der Waals surface area contributed by atoms with E-state index in [1.54, 1.807) is 13.0 Å². The fourth-order valence-electron chi connectivity index (χ4n) is 3.46. The molecule has 1 aromatic carbocycles. The van der Waals surface area contributed by atoms with E-state index in [2.05, 4.69) is 10.6 Å². The average molecular weight is 360 g/mol.